The summed E-state index contributed by atoms with van der Waals surface area (Å²) in [6, 6.07) is 21.1. The third kappa shape index (κ3) is 6.85. The third-order valence-electron chi connectivity index (χ3n) is 5.75. The van der Waals surface area contributed by atoms with E-state index in [9.17, 15) is 13.2 Å². The number of nitrogens with one attached hydrogen (secondary N) is 1. The van der Waals surface area contributed by atoms with E-state index in [1.165, 1.54) is 4.31 Å². The first-order valence-electron chi connectivity index (χ1n) is 11.7. The second kappa shape index (κ2) is 11.4. The largest absolute Gasteiger partial charge is 0.497 e. The van der Waals surface area contributed by atoms with Crippen LogP contribution in [-0.4, -0.2) is 28.0 Å². The Balaban J connectivity index is 1.92. The number of aryl methyl sites for hydroxylation is 2. The molecule has 0 fully saturated rings. The maximum Gasteiger partial charge on any atom is 0.264 e. The van der Waals surface area contributed by atoms with Gasteiger partial charge in [0.05, 0.1) is 23.7 Å². The molecule has 3 rings (SSSR count). The minimum atomic E-state index is -3.96. The summed E-state index contributed by atoms with van der Waals surface area (Å²) in [6.45, 7) is 7.64. The number of methoxy groups -OCH3 is 1. The van der Waals surface area contributed by atoms with Crippen LogP contribution in [0.3, 0.4) is 0 Å². The van der Waals surface area contributed by atoms with E-state index in [1.54, 1.807) is 49.6 Å². The first-order chi connectivity index (χ1) is 16.6. The summed E-state index contributed by atoms with van der Waals surface area (Å²) < 4.78 is 33.7. The summed E-state index contributed by atoms with van der Waals surface area (Å²) >= 11 is 0. The molecule has 0 saturated carbocycles. The summed E-state index contributed by atoms with van der Waals surface area (Å²) in [4.78, 5) is 13.4. The van der Waals surface area contributed by atoms with E-state index in [0.29, 0.717) is 18.0 Å². The summed E-state index contributed by atoms with van der Waals surface area (Å²) in [7, 11) is -2.35. The lowest BCUT2D eigenvalue weighted by Crippen LogP contribution is -2.42. The molecule has 0 saturated heterocycles. The number of amides is 1. The van der Waals surface area contributed by atoms with Gasteiger partial charge in [-0.3, -0.25) is 9.10 Å². The highest BCUT2D eigenvalue weighted by atomic mass is 32.2. The summed E-state index contributed by atoms with van der Waals surface area (Å²) in [5.41, 5.74) is 3.25. The number of sulfonamides is 1. The van der Waals surface area contributed by atoms with Gasteiger partial charge in [0, 0.05) is 0 Å². The number of hydrogen-bond donors (Lipinski definition) is 1. The molecular formula is C28H34N2O4S. The van der Waals surface area contributed by atoms with E-state index < -0.39 is 10.0 Å². The van der Waals surface area contributed by atoms with Gasteiger partial charge in [-0.15, -0.1) is 0 Å². The molecule has 3 aromatic carbocycles. The molecule has 35 heavy (non-hydrogen) atoms. The van der Waals surface area contributed by atoms with E-state index in [-0.39, 0.29) is 23.4 Å². The molecule has 3 aromatic rings. The Hall–Kier alpha value is -3.32. The standard InChI is InChI=1S/C28H34N2O4S/c1-20(2)17-27(23-11-13-25(34-5)14-12-23)29-28(31)19-30(24-8-6-7-22(4)18-24)35(32,33)26-15-9-21(3)10-16-26/h6-16,18,20,27H,17,19H2,1-5H3,(H,29,31). The molecule has 0 spiro atoms. The van der Waals surface area contributed by atoms with Gasteiger partial charge in [0.25, 0.3) is 10.0 Å². The average molecular weight is 495 g/mol. The molecule has 0 radical (unpaired) electrons. The fraction of sp³-hybridized carbons (Fsp3) is 0.321. The molecule has 1 amide bonds. The van der Waals surface area contributed by atoms with Crippen LogP contribution in [0, 0.1) is 19.8 Å². The zero-order valence-corrected chi connectivity index (χ0v) is 21.8. The smallest absolute Gasteiger partial charge is 0.264 e. The van der Waals surface area contributed by atoms with E-state index in [0.717, 1.165) is 22.4 Å². The van der Waals surface area contributed by atoms with Gasteiger partial charge in [-0.1, -0.05) is 55.8 Å². The number of carbonyl (C=O) groups is 1. The van der Waals surface area contributed by atoms with Crippen LogP contribution in [0.2, 0.25) is 0 Å². The van der Waals surface area contributed by atoms with Gasteiger partial charge in [0.2, 0.25) is 5.91 Å². The van der Waals surface area contributed by atoms with Gasteiger partial charge in [-0.05, 0) is 73.7 Å². The molecule has 7 heteroatoms. The topological polar surface area (TPSA) is 75.7 Å². The minimum absolute atomic E-state index is 0.145. The van der Waals surface area contributed by atoms with Crippen molar-refractivity contribution < 1.29 is 17.9 Å². The fourth-order valence-corrected chi connectivity index (χ4v) is 5.30. The van der Waals surface area contributed by atoms with Crippen molar-refractivity contribution in [3.05, 3.63) is 89.5 Å². The van der Waals surface area contributed by atoms with E-state index in [1.807, 2.05) is 44.2 Å². The molecule has 0 aromatic heterocycles. The molecule has 1 atom stereocenters. The van der Waals surface area contributed by atoms with Gasteiger partial charge >= 0.3 is 0 Å². The zero-order chi connectivity index (χ0) is 25.6. The number of nitrogens with zero attached hydrogens (tertiary/aromatic N) is 1. The molecule has 0 heterocycles. The molecule has 1 N–H and O–H groups in total. The van der Waals surface area contributed by atoms with Crippen LogP contribution in [0.1, 0.15) is 43.0 Å². The highest BCUT2D eigenvalue weighted by molar-refractivity contribution is 7.92. The quantitative estimate of drug-likeness (QED) is 0.409. The lowest BCUT2D eigenvalue weighted by molar-refractivity contribution is -0.120. The Morgan fingerprint density at radius 1 is 0.943 bits per heavy atom. The van der Waals surface area contributed by atoms with Crippen molar-refractivity contribution in [2.45, 2.75) is 45.1 Å². The molecule has 186 valence electrons. The fourth-order valence-electron chi connectivity index (χ4n) is 3.89. The highest BCUT2D eigenvalue weighted by Gasteiger charge is 2.28. The highest BCUT2D eigenvalue weighted by Crippen LogP contribution is 2.26. The van der Waals surface area contributed by atoms with Crippen LogP contribution in [0.15, 0.2) is 77.7 Å². The van der Waals surface area contributed by atoms with Gasteiger partial charge < -0.3 is 10.1 Å². The summed E-state index contributed by atoms with van der Waals surface area (Å²) in [5.74, 6) is 0.688. The van der Waals surface area contributed by atoms with Crippen LogP contribution in [0.4, 0.5) is 5.69 Å². The SMILES string of the molecule is COc1ccc(C(CC(C)C)NC(=O)CN(c2cccc(C)c2)S(=O)(=O)c2ccc(C)cc2)cc1. The Kier molecular flexibility index (Phi) is 8.57. The van der Waals surface area contributed by atoms with E-state index in [2.05, 4.69) is 19.2 Å². The normalized spacial score (nSPS) is 12.3. The number of benzene rings is 3. The average Bonchev–Trinajstić information content (AvgIpc) is 2.82. The van der Waals surface area contributed by atoms with Gasteiger partial charge in [0.1, 0.15) is 12.3 Å². The lowest BCUT2D eigenvalue weighted by Gasteiger charge is -2.27. The van der Waals surface area contributed by atoms with Crippen LogP contribution in [0.5, 0.6) is 5.75 Å². The molecule has 0 aliphatic carbocycles. The molecule has 0 bridgehead atoms. The number of hydrogen-bond acceptors (Lipinski definition) is 4. The minimum Gasteiger partial charge on any atom is -0.497 e. The molecular weight excluding hydrogens is 460 g/mol. The van der Waals surface area contributed by atoms with Crippen molar-refractivity contribution in [3.8, 4) is 5.75 Å². The third-order valence-corrected chi connectivity index (χ3v) is 7.53. The van der Waals surface area contributed by atoms with Crippen molar-refractivity contribution in [2.75, 3.05) is 18.0 Å². The van der Waals surface area contributed by atoms with Gasteiger partial charge in [-0.2, -0.15) is 0 Å². The first kappa shape index (κ1) is 26.3. The number of anilines is 1. The Morgan fingerprint density at radius 2 is 1.60 bits per heavy atom. The van der Waals surface area contributed by atoms with Crippen LogP contribution in [0.25, 0.3) is 0 Å². The van der Waals surface area contributed by atoms with Crippen LogP contribution in [-0.2, 0) is 14.8 Å². The van der Waals surface area contributed by atoms with E-state index >= 15 is 0 Å². The number of ether oxygens (including phenoxy) is 1. The summed E-state index contributed by atoms with van der Waals surface area (Å²) in [6.07, 6.45) is 0.716. The van der Waals surface area contributed by atoms with Gasteiger partial charge in [0.15, 0.2) is 0 Å². The monoisotopic (exact) mass is 494 g/mol. The van der Waals surface area contributed by atoms with E-state index in [4.69, 9.17) is 4.74 Å². The zero-order valence-electron chi connectivity index (χ0n) is 21.0. The van der Waals surface area contributed by atoms with Crippen molar-refractivity contribution in [3.63, 3.8) is 0 Å². The number of rotatable bonds is 10. The Bertz CT molecular complexity index is 1240. The van der Waals surface area contributed by atoms with Crippen LogP contribution >= 0.6 is 0 Å². The second-order valence-electron chi connectivity index (χ2n) is 9.19. The maximum absolute atomic E-state index is 13.6. The maximum atomic E-state index is 13.6. The van der Waals surface area contributed by atoms with Gasteiger partial charge in [-0.25, -0.2) is 8.42 Å². The molecule has 1 unspecified atom stereocenters. The predicted octanol–water partition coefficient (Wildman–Crippen LogP) is 5.41. The molecule has 6 nitrogen and oxygen atoms in total. The number of carbonyl (C=O) groups excluding carboxylic acids is 1. The summed E-state index contributed by atoms with van der Waals surface area (Å²) in [5, 5.41) is 3.06. The predicted molar refractivity (Wildman–Crippen MR) is 140 cm³/mol. The molecule has 0 aliphatic heterocycles. The van der Waals surface area contributed by atoms with Crippen molar-refractivity contribution >= 4 is 21.6 Å². The first-order valence-corrected chi connectivity index (χ1v) is 13.1. The second-order valence-corrected chi connectivity index (χ2v) is 11.0. The Labute approximate surface area is 209 Å². The molecule has 0 aliphatic rings. The van der Waals surface area contributed by atoms with Crippen LogP contribution < -0.4 is 14.4 Å². The lowest BCUT2D eigenvalue weighted by atomic mass is 9.97. The van der Waals surface area contributed by atoms with Crippen molar-refractivity contribution in [1.29, 1.82) is 0 Å². The Morgan fingerprint density at radius 3 is 2.17 bits per heavy atom. The van der Waals surface area contributed by atoms with Crippen molar-refractivity contribution in [1.82, 2.24) is 5.32 Å². The van der Waals surface area contributed by atoms with Crippen molar-refractivity contribution in [2.24, 2.45) is 5.92 Å².